The van der Waals surface area contributed by atoms with Crippen LogP contribution in [0.3, 0.4) is 0 Å². The number of aromatic nitrogens is 1. The molecule has 1 N–H and O–H groups in total. The molecule has 0 spiro atoms. The fourth-order valence-electron chi connectivity index (χ4n) is 1.22. The Morgan fingerprint density at radius 1 is 1.59 bits per heavy atom. The van der Waals surface area contributed by atoms with Gasteiger partial charge in [0.2, 0.25) is 5.91 Å². The summed E-state index contributed by atoms with van der Waals surface area (Å²) < 4.78 is 23.3. The largest absolute Gasteiger partial charge is 0.358 e. The van der Waals surface area contributed by atoms with Crippen LogP contribution < -0.4 is 5.32 Å². The summed E-state index contributed by atoms with van der Waals surface area (Å²) in [6.45, 7) is 0. The van der Waals surface area contributed by atoms with Gasteiger partial charge in [-0.15, -0.1) is 0 Å². The Kier molecular flexibility index (Phi) is 4.17. The average Bonchev–Trinajstić information content (AvgIpc) is 2.28. The lowest BCUT2D eigenvalue weighted by Gasteiger charge is -2.04. The monoisotopic (exact) mass is 253 g/mol. The van der Waals surface area contributed by atoms with E-state index in [4.69, 9.17) is 5.26 Å². The Hall–Kier alpha value is -1.94. The molecule has 1 aromatic heterocycles. The number of pyridine rings is 1. The summed E-state index contributed by atoms with van der Waals surface area (Å²) in [5.41, 5.74) is 0.367. The number of nitrogens with zero attached hydrogens (tertiary/aromatic N) is 2. The molecular weight excluding hydrogens is 242 g/mol. The molecule has 0 atom stereocenters. The van der Waals surface area contributed by atoms with Gasteiger partial charge in [0.1, 0.15) is 17.5 Å². The van der Waals surface area contributed by atoms with Crippen molar-refractivity contribution in [1.29, 1.82) is 5.26 Å². The summed E-state index contributed by atoms with van der Waals surface area (Å²) in [5.74, 6) is -1.53. The van der Waals surface area contributed by atoms with Crippen molar-refractivity contribution in [3.8, 4) is 6.07 Å². The Labute approximate surface area is 99.2 Å². The maximum atomic E-state index is 11.6. The predicted molar refractivity (Wildman–Crippen MR) is 60.5 cm³/mol. The minimum Gasteiger partial charge on any atom is -0.358 e. The van der Waals surface area contributed by atoms with Crippen molar-refractivity contribution in [2.24, 2.45) is 0 Å². The van der Waals surface area contributed by atoms with Crippen molar-refractivity contribution in [3.63, 3.8) is 0 Å². The maximum absolute atomic E-state index is 11.6. The molecule has 0 aliphatic carbocycles. The molecule has 1 aromatic rings. The van der Waals surface area contributed by atoms with Crippen LogP contribution in [-0.2, 0) is 20.4 Å². The summed E-state index contributed by atoms with van der Waals surface area (Å²) >= 11 is 0. The standard InChI is InChI=1S/C10H11N3O3S/c1-12-10(14)7-17(15,16)6-8-3-2-4-13-9(8)5-11/h2-4H,6-7H2,1H3,(H,12,14). The lowest BCUT2D eigenvalue weighted by Crippen LogP contribution is -2.27. The molecule has 17 heavy (non-hydrogen) atoms. The van der Waals surface area contributed by atoms with Gasteiger partial charge in [-0.05, 0) is 6.07 Å². The highest BCUT2D eigenvalue weighted by Crippen LogP contribution is 2.09. The lowest BCUT2D eigenvalue weighted by molar-refractivity contribution is -0.118. The fourth-order valence-corrected chi connectivity index (χ4v) is 2.57. The van der Waals surface area contributed by atoms with Gasteiger partial charge in [0.05, 0.1) is 5.75 Å². The quantitative estimate of drug-likeness (QED) is 0.788. The van der Waals surface area contributed by atoms with Crippen LogP contribution in [-0.4, -0.2) is 32.1 Å². The van der Waals surface area contributed by atoms with Crippen molar-refractivity contribution in [2.45, 2.75) is 5.75 Å². The molecule has 0 aliphatic heterocycles. The Morgan fingerprint density at radius 2 is 2.29 bits per heavy atom. The van der Waals surface area contributed by atoms with Gasteiger partial charge < -0.3 is 5.32 Å². The molecule has 0 fully saturated rings. The number of nitriles is 1. The zero-order valence-corrected chi connectivity index (χ0v) is 9.99. The van der Waals surface area contributed by atoms with E-state index in [1.807, 2.05) is 6.07 Å². The van der Waals surface area contributed by atoms with Crippen LogP contribution >= 0.6 is 0 Å². The topological polar surface area (TPSA) is 99.9 Å². The smallest absolute Gasteiger partial charge is 0.234 e. The average molecular weight is 253 g/mol. The maximum Gasteiger partial charge on any atom is 0.234 e. The zero-order chi connectivity index (χ0) is 12.9. The lowest BCUT2D eigenvalue weighted by atomic mass is 10.2. The second kappa shape index (κ2) is 5.41. The van der Waals surface area contributed by atoms with Gasteiger partial charge >= 0.3 is 0 Å². The van der Waals surface area contributed by atoms with Crippen molar-refractivity contribution in [3.05, 3.63) is 29.6 Å². The molecule has 7 heteroatoms. The van der Waals surface area contributed by atoms with E-state index in [9.17, 15) is 13.2 Å². The van der Waals surface area contributed by atoms with E-state index < -0.39 is 21.5 Å². The molecule has 0 unspecified atom stereocenters. The number of hydrogen-bond donors (Lipinski definition) is 1. The molecule has 1 rings (SSSR count). The van der Waals surface area contributed by atoms with Crippen molar-refractivity contribution in [2.75, 3.05) is 12.8 Å². The zero-order valence-electron chi connectivity index (χ0n) is 9.17. The first-order valence-electron chi connectivity index (χ1n) is 4.73. The molecule has 0 saturated carbocycles. The summed E-state index contributed by atoms with van der Waals surface area (Å²) in [7, 11) is -2.22. The summed E-state index contributed by atoms with van der Waals surface area (Å²) in [6, 6.07) is 4.86. The van der Waals surface area contributed by atoms with Gasteiger partial charge in [0, 0.05) is 18.8 Å². The summed E-state index contributed by atoms with van der Waals surface area (Å²) in [6.07, 6.45) is 1.41. The van der Waals surface area contributed by atoms with Crippen LogP contribution in [0.2, 0.25) is 0 Å². The fraction of sp³-hybridized carbons (Fsp3) is 0.300. The van der Waals surface area contributed by atoms with E-state index in [1.54, 1.807) is 6.07 Å². The molecule has 1 amide bonds. The minimum absolute atomic E-state index is 0.0629. The number of rotatable bonds is 4. The van der Waals surface area contributed by atoms with E-state index in [0.717, 1.165) is 0 Å². The third-order valence-corrected chi connectivity index (χ3v) is 3.46. The van der Waals surface area contributed by atoms with Crippen LogP contribution in [0.4, 0.5) is 0 Å². The summed E-state index contributed by atoms with van der Waals surface area (Å²) in [4.78, 5) is 14.8. The number of amides is 1. The Bertz CT molecular complexity index is 560. The molecular formula is C10H11N3O3S. The van der Waals surface area contributed by atoms with Crippen LogP contribution in [0.15, 0.2) is 18.3 Å². The van der Waals surface area contributed by atoms with E-state index in [-0.39, 0.29) is 11.4 Å². The van der Waals surface area contributed by atoms with E-state index in [2.05, 4.69) is 10.3 Å². The van der Waals surface area contributed by atoms with Crippen LogP contribution in [0.1, 0.15) is 11.3 Å². The number of carbonyl (C=O) groups is 1. The second-order valence-corrected chi connectivity index (χ2v) is 5.39. The third kappa shape index (κ3) is 3.85. The minimum atomic E-state index is -3.58. The first kappa shape index (κ1) is 13.1. The van der Waals surface area contributed by atoms with Gasteiger partial charge in [-0.2, -0.15) is 5.26 Å². The highest BCUT2D eigenvalue weighted by molar-refractivity contribution is 7.91. The summed E-state index contributed by atoms with van der Waals surface area (Å²) in [5, 5.41) is 11.0. The highest BCUT2D eigenvalue weighted by Gasteiger charge is 2.18. The first-order valence-corrected chi connectivity index (χ1v) is 6.55. The van der Waals surface area contributed by atoms with Crippen molar-refractivity contribution < 1.29 is 13.2 Å². The molecule has 0 aromatic carbocycles. The first-order chi connectivity index (χ1) is 7.98. The van der Waals surface area contributed by atoms with Crippen molar-refractivity contribution in [1.82, 2.24) is 10.3 Å². The molecule has 0 bridgehead atoms. The van der Waals surface area contributed by atoms with Crippen LogP contribution in [0.25, 0.3) is 0 Å². The number of hydrogen-bond acceptors (Lipinski definition) is 5. The molecule has 0 radical (unpaired) electrons. The number of nitrogens with one attached hydrogen (secondary N) is 1. The second-order valence-electron chi connectivity index (χ2n) is 3.33. The molecule has 1 heterocycles. The van der Waals surface area contributed by atoms with Crippen LogP contribution in [0, 0.1) is 11.3 Å². The Balaban J connectivity index is 2.91. The molecule has 0 aliphatic rings. The van der Waals surface area contributed by atoms with Gasteiger partial charge in [-0.1, -0.05) is 6.07 Å². The van der Waals surface area contributed by atoms with E-state index in [1.165, 1.54) is 19.3 Å². The normalized spacial score (nSPS) is 10.6. The number of carbonyl (C=O) groups excluding carboxylic acids is 1. The highest BCUT2D eigenvalue weighted by atomic mass is 32.2. The SMILES string of the molecule is CNC(=O)CS(=O)(=O)Cc1cccnc1C#N. The third-order valence-electron chi connectivity index (χ3n) is 2.00. The van der Waals surface area contributed by atoms with E-state index >= 15 is 0 Å². The van der Waals surface area contributed by atoms with E-state index in [0.29, 0.717) is 5.56 Å². The van der Waals surface area contributed by atoms with Crippen molar-refractivity contribution >= 4 is 15.7 Å². The van der Waals surface area contributed by atoms with Gasteiger partial charge in [-0.25, -0.2) is 13.4 Å². The van der Waals surface area contributed by atoms with Gasteiger partial charge in [-0.3, -0.25) is 4.79 Å². The molecule has 90 valence electrons. The number of sulfone groups is 1. The van der Waals surface area contributed by atoms with Gasteiger partial charge in [0.15, 0.2) is 9.84 Å². The Morgan fingerprint density at radius 3 is 2.88 bits per heavy atom. The van der Waals surface area contributed by atoms with Gasteiger partial charge in [0.25, 0.3) is 0 Å². The predicted octanol–water partition coefficient (Wildman–Crippen LogP) is -0.386. The molecule has 6 nitrogen and oxygen atoms in total. The van der Waals surface area contributed by atoms with Crippen LogP contribution in [0.5, 0.6) is 0 Å². The molecule has 0 saturated heterocycles.